The molecule has 0 bridgehead atoms. The van der Waals surface area contributed by atoms with Crippen LogP contribution >= 0.6 is 0 Å². The SMILES string of the molecule is CCOc1ccccc1Nc1cc(Nc2cccc(NC(C)=O)c2)ncn1. The van der Waals surface area contributed by atoms with Gasteiger partial charge in [0.25, 0.3) is 0 Å². The number of hydrogen-bond donors (Lipinski definition) is 3. The smallest absolute Gasteiger partial charge is 0.221 e. The third kappa shape index (κ3) is 5.18. The Labute approximate surface area is 157 Å². The van der Waals surface area contributed by atoms with Gasteiger partial charge in [0, 0.05) is 24.4 Å². The first-order valence-electron chi connectivity index (χ1n) is 8.59. The Morgan fingerprint density at radius 3 is 2.48 bits per heavy atom. The highest BCUT2D eigenvalue weighted by atomic mass is 16.5. The second-order valence-corrected chi connectivity index (χ2v) is 5.73. The number of nitrogens with zero attached hydrogens (tertiary/aromatic N) is 2. The van der Waals surface area contributed by atoms with E-state index in [2.05, 4.69) is 25.9 Å². The zero-order valence-electron chi connectivity index (χ0n) is 15.2. The minimum Gasteiger partial charge on any atom is -0.492 e. The monoisotopic (exact) mass is 363 g/mol. The summed E-state index contributed by atoms with van der Waals surface area (Å²) in [6, 6.07) is 16.9. The van der Waals surface area contributed by atoms with Crippen LogP contribution in [0.4, 0.5) is 28.7 Å². The second-order valence-electron chi connectivity index (χ2n) is 5.73. The first kappa shape index (κ1) is 18.2. The first-order chi connectivity index (χ1) is 13.1. The molecule has 1 amide bonds. The molecule has 7 nitrogen and oxygen atoms in total. The summed E-state index contributed by atoms with van der Waals surface area (Å²) >= 11 is 0. The minimum atomic E-state index is -0.117. The highest BCUT2D eigenvalue weighted by molar-refractivity contribution is 5.89. The number of aromatic nitrogens is 2. The van der Waals surface area contributed by atoms with Crippen molar-refractivity contribution in [2.24, 2.45) is 0 Å². The van der Waals surface area contributed by atoms with Crippen LogP contribution in [0.25, 0.3) is 0 Å². The van der Waals surface area contributed by atoms with Gasteiger partial charge in [0.2, 0.25) is 5.91 Å². The van der Waals surface area contributed by atoms with E-state index in [1.54, 1.807) is 6.07 Å². The van der Waals surface area contributed by atoms with E-state index in [-0.39, 0.29) is 5.91 Å². The fourth-order valence-corrected chi connectivity index (χ4v) is 2.51. The maximum Gasteiger partial charge on any atom is 0.221 e. The number of para-hydroxylation sites is 2. The molecule has 2 aromatic carbocycles. The number of benzene rings is 2. The molecule has 0 saturated carbocycles. The van der Waals surface area contributed by atoms with Crippen molar-refractivity contribution in [2.45, 2.75) is 13.8 Å². The second kappa shape index (κ2) is 8.66. The van der Waals surface area contributed by atoms with Gasteiger partial charge in [-0.2, -0.15) is 0 Å². The summed E-state index contributed by atoms with van der Waals surface area (Å²) in [7, 11) is 0. The summed E-state index contributed by atoms with van der Waals surface area (Å²) in [5.41, 5.74) is 2.35. The third-order valence-electron chi connectivity index (χ3n) is 3.57. The largest absolute Gasteiger partial charge is 0.492 e. The molecule has 0 aliphatic carbocycles. The molecule has 0 atom stereocenters. The molecule has 1 aromatic heterocycles. The van der Waals surface area contributed by atoms with Crippen LogP contribution < -0.4 is 20.7 Å². The van der Waals surface area contributed by atoms with E-state index in [1.807, 2.05) is 55.5 Å². The molecule has 0 unspecified atom stereocenters. The Morgan fingerprint density at radius 1 is 0.963 bits per heavy atom. The Hall–Kier alpha value is -3.61. The fourth-order valence-electron chi connectivity index (χ4n) is 2.51. The van der Waals surface area contributed by atoms with E-state index in [0.717, 1.165) is 17.1 Å². The van der Waals surface area contributed by atoms with Crippen molar-refractivity contribution in [1.29, 1.82) is 0 Å². The molecular formula is C20H21N5O2. The lowest BCUT2D eigenvalue weighted by Crippen LogP contribution is -2.06. The van der Waals surface area contributed by atoms with Crippen LogP contribution in [0.3, 0.4) is 0 Å². The van der Waals surface area contributed by atoms with Crippen molar-refractivity contribution in [1.82, 2.24) is 9.97 Å². The Bertz CT molecular complexity index is 930. The molecule has 3 aromatic rings. The average Bonchev–Trinajstić information content (AvgIpc) is 2.64. The number of hydrogen-bond acceptors (Lipinski definition) is 6. The quantitative estimate of drug-likeness (QED) is 0.579. The fraction of sp³-hybridized carbons (Fsp3) is 0.150. The maximum atomic E-state index is 11.2. The summed E-state index contributed by atoms with van der Waals surface area (Å²) in [4.78, 5) is 19.7. The van der Waals surface area contributed by atoms with Gasteiger partial charge < -0.3 is 20.7 Å². The lowest BCUT2D eigenvalue weighted by Gasteiger charge is -2.12. The molecule has 0 aliphatic heterocycles. The van der Waals surface area contributed by atoms with Gasteiger partial charge in [0.15, 0.2) is 0 Å². The normalized spacial score (nSPS) is 10.1. The van der Waals surface area contributed by atoms with Crippen LogP contribution in [-0.4, -0.2) is 22.5 Å². The standard InChI is InChI=1S/C20H21N5O2/c1-3-27-18-10-5-4-9-17(18)25-20-12-19(21-13-22-20)24-16-8-6-7-15(11-16)23-14(2)26/h4-13H,3H2,1-2H3,(H,23,26)(H2,21,22,24,25). The zero-order valence-corrected chi connectivity index (χ0v) is 15.2. The maximum absolute atomic E-state index is 11.2. The molecule has 1 heterocycles. The van der Waals surface area contributed by atoms with E-state index in [9.17, 15) is 4.79 Å². The number of ether oxygens (including phenoxy) is 1. The van der Waals surface area contributed by atoms with Gasteiger partial charge in [-0.05, 0) is 37.3 Å². The van der Waals surface area contributed by atoms with E-state index >= 15 is 0 Å². The number of carbonyl (C=O) groups excluding carboxylic acids is 1. The number of anilines is 5. The van der Waals surface area contributed by atoms with E-state index in [4.69, 9.17) is 4.74 Å². The third-order valence-corrected chi connectivity index (χ3v) is 3.57. The van der Waals surface area contributed by atoms with Crippen LogP contribution in [-0.2, 0) is 4.79 Å². The zero-order chi connectivity index (χ0) is 19.1. The molecule has 27 heavy (non-hydrogen) atoms. The van der Waals surface area contributed by atoms with Crippen LogP contribution in [0, 0.1) is 0 Å². The molecule has 0 fully saturated rings. The molecule has 3 N–H and O–H groups in total. The van der Waals surface area contributed by atoms with E-state index < -0.39 is 0 Å². The van der Waals surface area contributed by atoms with Crippen LogP contribution in [0.5, 0.6) is 5.75 Å². The Morgan fingerprint density at radius 2 is 1.70 bits per heavy atom. The predicted molar refractivity (Wildman–Crippen MR) is 107 cm³/mol. The van der Waals surface area contributed by atoms with Crippen molar-refractivity contribution in [3.8, 4) is 5.75 Å². The minimum absolute atomic E-state index is 0.117. The van der Waals surface area contributed by atoms with Crippen LogP contribution in [0.1, 0.15) is 13.8 Å². The molecule has 0 spiro atoms. The van der Waals surface area contributed by atoms with Gasteiger partial charge in [-0.3, -0.25) is 4.79 Å². The van der Waals surface area contributed by atoms with Gasteiger partial charge >= 0.3 is 0 Å². The lowest BCUT2D eigenvalue weighted by atomic mass is 10.2. The summed E-state index contributed by atoms with van der Waals surface area (Å²) in [6.45, 7) is 4.00. The Kier molecular flexibility index (Phi) is 5.84. The molecule has 138 valence electrons. The summed E-state index contributed by atoms with van der Waals surface area (Å²) < 4.78 is 5.62. The molecular weight excluding hydrogens is 342 g/mol. The van der Waals surface area contributed by atoms with Crippen LogP contribution in [0.15, 0.2) is 60.9 Å². The van der Waals surface area contributed by atoms with Gasteiger partial charge in [-0.25, -0.2) is 9.97 Å². The van der Waals surface area contributed by atoms with Gasteiger partial charge in [0.1, 0.15) is 23.7 Å². The van der Waals surface area contributed by atoms with Gasteiger partial charge in [-0.1, -0.05) is 18.2 Å². The van der Waals surface area contributed by atoms with E-state index in [0.29, 0.717) is 23.9 Å². The lowest BCUT2D eigenvalue weighted by molar-refractivity contribution is -0.114. The Balaban J connectivity index is 1.76. The van der Waals surface area contributed by atoms with Crippen molar-refractivity contribution < 1.29 is 9.53 Å². The van der Waals surface area contributed by atoms with Gasteiger partial charge in [0.05, 0.1) is 12.3 Å². The van der Waals surface area contributed by atoms with Crippen LogP contribution in [0.2, 0.25) is 0 Å². The number of carbonyl (C=O) groups is 1. The highest BCUT2D eigenvalue weighted by Crippen LogP contribution is 2.27. The molecule has 3 rings (SSSR count). The summed E-state index contributed by atoms with van der Waals surface area (Å²) in [5, 5.41) is 9.21. The molecule has 7 heteroatoms. The van der Waals surface area contributed by atoms with Crippen molar-refractivity contribution in [3.05, 3.63) is 60.9 Å². The number of nitrogens with one attached hydrogen (secondary N) is 3. The average molecular weight is 363 g/mol. The predicted octanol–water partition coefficient (Wildman–Crippen LogP) is 4.32. The summed E-state index contributed by atoms with van der Waals surface area (Å²) in [5.74, 6) is 1.91. The van der Waals surface area contributed by atoms with E-state index in [1.165, 1.54) is 13.3 Å². The summed E-state index contributed by atoms with van der Waals surface area (Å²) in [6.07, 6.45) is 1.48. The number of amides is 1. The topological polar surface area (TPSA) is 88.2 Å². The van der Waals surface area contributed by atoms with Crippen molar-refractivity contribution >= 4 is 34.6 Å². The molecule has 0 aliphatic rings. The van der Waals surface area contributed by atoms with Crippen molar-refractivity contribution in [3.63, 3.8) is 0 Å². The number of rotatable bonds is 7. The molecule has 0 saturated heterocycles. The first-order valence-corrected chi connectivity index (χ1v) is 8.59. The molecule has 0 radical (unpaired) electrons. The highest BCUT2D eigenvalue weighted by Gasteiger charge is 2.06. The van der Waals surface area contributed by atoms with Gasteiger partial charge in [-0.15, -0.1) is 0 Å². The van der Waals surface area contributed by atoms with Crippen molar-refractivity contribution in [2.75, 3.05) is 22.6 Å².